The first kappa shape index (κ1) is 21.0. The molecule has 0 spiro atoms. The van der Waals surface area contributed by atoms with Crippen LogP contribution in [0.25, 0.3) is 10.9 Å². The molecule has 1 unspecified atom stereocenters. The van der Waals surface area contributed by atoms with E-state index in [1.807, 2.05) is 49.1 Å². The summed E-state index contributed by atoms with van der Waals surface area (Å²) < 4.78 is 5.31. The number of carbonyl (C=O) groups excluding carboxylic acids is 2. The maximum absolute atomic E-state index is 13.3. The minimum absolute atomic E-state index is 0.0460. The molecule has 1 aliphatic heterocycles. The van der Waals surface area contributed by atoms with E-state index in [1.165, 1.54) is 0 Å². The van der Waals surface area contributed by atoms with Crippen molar-refractivity contribution in [3.8, 4) is 0 Å². The van der Waals surface area contributed by atoms with Crippen LogP contribution < -0.4 is 0 Å². The third-order valence-corrected chi connectivity index (χ3v) is 5.92. The summed E-state index contributed by atoms with van der Waals surface area (Å²) in [6, 6.07) is 9.59. The van der Waals surface area contributed by atoms with E-state index in [1.54, 1.807) is 25.9 Å². The fourth-order valence-electron chi connectivity index (χ4n) is 4.21. The molecule has 1 atom stereocenters. The van der Waals surface area contributed by atoms with Gasteiger partial charge >= 0.3 is 0 Å². The Hall–Kier alpha value is -3.22. The number of hydrogen-bond donors (Lipinski definition) is 0. The number of pyridine rings is 1. The minimum Gasteiger partial charge on any atom is -0.361 e. The van der Waals surface area contributed by atoms with Gasteiger partial charge < -0.3 is 14.3 Å². The number of carbonyl (C=O) groups is 2. The van der Waals surface area contributed by atoms with Gasteiger partial charge in [0.05, 0.1) is 16.8 Å². The van der Waals surface area contributed by atoms with E-state index in [9.17, 15) is 9.59 Å². The Kier molecular flexibility index (Phi) is 5.52. The van der Waals surface area contributed by atoms with Crippen molar-refractivity contribution in [3.63, 3.8) is 0 Å². The topological polar surface area (TPSA) is 79.5 Å². The molecule has 0 saturated carbocycles. The summed E-state index contributed by atoms with van der Waals surface area (Å²) in [5.41, 5.74) is 3.57. The molecule has 31 heavy (non-hydrogen) atoms. The molecule has 3 heterocycles. The molecule has 0 aliphatic carbocycles. The second-order valence-corrected chi connectivity index (χ2v) is 8.70. The Morgan fingerprint density at radius 2 is 1.97 bits per heavy atom. The van der Waals surface area contributed by atoms with Gasteiger partial charge in [-0.25, -0.2) is 0 Å². The standard InChI is InChI=1S/C24H28N4O3/c1-14(2)22-21(15(3)31-26-22)24(30)28-11-10-16(13-28)20-12-18(23(29)27(4)5)17-8-6-7-9-19(17)25-20/h6-9,12,14,16H,10-11,13H2,1-5H3. The highest BCUT2D eigenvalue weighted by Crippen LogP contribution is 2.32. The van der Waals surface area contributed by atoms with Crippen LogP contribution in [-0.4, -0.2) is 58.9 Å². The van der Waals surface area contributed by atoms with E-state index in [4.69, 9.17) is 9.51 Å². The van der Waals surface area contributed by atoms with Gasteiger partial charge in [0, 0.05) is 44.2 Å². The molecule has 7 heteroatoms. The molecule has 0 bridgehead atoms. The maximum atomic E-state index is 13.3. The number of rotatable bonds is 4. The normalized spacial score (nSPS) is 16.3. The van der Waals surface area contributed by atoms with E-state index >= 15 is 0 Å². The van der Waals surface area contributed by atoms with Crippen LogP contribution in [-0.2, 0) is 0 Å². The SMILES string of the molecule is Cc1onc(C(C)C)c1C(=O)N1CCC(c2cc(C(=O)N(C)C)c3ccccc3n2)C1. The second kappa shape index (κ2) is 8.13. The zero-order valence-corrected chi connectivity index (χ0v) is 18.7. The Morgan fingerprint density at radius 3 is 2.68 bits per heavy atom. The first-order chi connectivity index (χ1) is 14.8. The van der Waals surface area contributed by atoms with Crippen molar-refractivity contribution >= 4 is 22.7 Å². The number of para-hydroxylation sites is 1. The minimum atomic E-state index is -0.0487. The first-order valence-corrected chi connectivity index (χ1v) is 10.6. The number of likely N-dealkylation sites (tertiary alicyclic amines) is 1. The van der Waals surface area contributed by atoms with Gasteiger partial charge in [-0.2, -0.15) is 0 Å². The highest BCUT2D eigenvalue weighted by molar-refractivity contribution is 6.06. The number of amides is 2. The molecule has 4 rings (SSSR count). The highest BCUT2D eigenvalue weighted by Gasteiger charge is 2.33. The zero-order valence-electron chi connectivity index (χ0n) is 18.7. The van der Waals surface area contributed by atoms with Crippen LogP contribution in [0.3, 0.4) is 0 Å². The largest absolute Gasteiger partial charge is 0.361 e. The number of hydrogen-bond acceptors (Lipinski definition) is 5. The van der Waals surface area contributed by atoms with Gasteiger partial charge in [0.1, 0.15) is 11.3 Å². The number of benzene rings is 1. The summed E-state index contributed by atoms with van der Waals surface area (Å²) in [6.45, 7) is 6.98. The van der Waals surface area contributed by atoms with Crippen LogP contribution >= 0.6 is 0 Å². The molecule has 0 radical (unpaired) electrons. The molecule has 1 saturated heterocycles. The van der Waals surface area contributed by atoms with Crippen LogP contribution in [0.15, 0.2) is 34.9 Å². The van der Waals surface area contributed by atoms with E-state index in [2.05, 4.69) is 5.16 Å². The van der Waals surface area contributed by atoms with Crippen LogP contribution in [0.2, 0.25) is 0 Å². The molecular formula is C24H28N4O3. The average Bonchev–Trinajstić information content (AvgIpc) is 3.39. The summed E-state index contributed by atoms with van der Waals surface area (Å²) >= 11 is 0. The third-order valence-electron chi connectivity index (χ3n) is 5.92. The molecule has 1 aromatic carbocycles. The lowest BCUT2D eigenvalue weighted by molar-refractivity contribution is 0.0785. The van der Waals surface area contributed by atoms with Gasteiger partial charge in [-0.05, 0) is 31.4 Å². The molecule has 1 fully saturated rings. The van der Waals surface area contributed by atoms with Crippen molar-refractivity contribution in [2.75, 3.05) is 27.2 Å². The van der Waals surface area contributed by atoms with Crippen LogP contribution in [0.4, 0.5) is 0 Å². The first-order valence-electron chi connectivity index (χ1n) is 10.6. The smallest absolute Gasteiger partial charge is 0.259 e. The maximum Gasteiger partial charge on any atom is 0.259 e. The molecule has 0 N–H and O–H groups in total. The predicted octanol–water partition coefficient (Wildman–Crippen LogP) is 3.99. The fraction of sp³-hybridized carbons (Fsp3) is 0.417. The summed E-state index contributed by atoms with van der Waals surface area (Å²) in [5.74, 6) is 0.643. The third kappa shape index (κ3) is 3.80. The van der Waals surface area contributed by atoms with Gasteiger partial charge in [-0.1, -0.05) is 37.2 Å². The molecule has 2 aromatic heterocycles. The van der Waals surface area contributed by atoms with Crippen LogP contribution in [0.5, 0.6) is 0 Å². The highest BCUT2D eigenvalue weighted by atomic mass is 16.5. The fourth-order valence-corrected chi connectivity index (χ4v) is 4.21. The van der Waals surface area contributed by atoms with Crippen molar-refractivity contribution in [1.29, 1.82) is 0 Å². The summed E-state index contributed by atoms with van der Waals surface area (Å²) in [7, 11) is 3.50. The van der Waals surface area contributed by atoms with Gasteiger partial charge in [0.25, 0.3) is 11.8 Å². The van der Waals surface area contributed by atoms with E-state index in [0.29, 0.717) is 35.7 Å². The van der Waals surface area contributed by atoms with Gasteiger partial charge in [0.2, 0.25) is 0 Å². The van der Waals surface area contributed by atoms with Crippen molar-refractivity contribution in [3.05, 3.63) is 58.6 Å². The van der Waals surface area contributed by atoms with Gasteiger partial charge in [0.15, 0.2) is 0 Å². The van der Waals surface area contributed by atoms with E-state index < -0.39 is 0 Å². The number of fused-ring (bicyclic) bond motifs is 1. The van der Waals surface area contributed by atoms with Crippen molar-refractivity contribution in [2.45, 2.75) is 39.0 Å². The average molecular weight is 421 g/mol. The van der Waals surface area contributed by atoms with E-state index in [-0.39, 0.29) is 23.7 Å². The summed E-state index contributed by atoms with van der Waals surface area (Å²) in [6.07, 6.45) is 0.800. The molecule has 162 valence electrons. The lowest BCUT2D eigenvalue weighted by atomic mass is 9.99. The lowest BCUT2D eigenvalue weighted by Crippen LogP contribution is -2.29. The number of aryl methyl sites for hydroxylation is 1. The number of aromatic nitrogens is 2. The van der Waals surface area contributed by atoms with Gasteiger partial charge in [-0.15, -0.1) is 0 Å². The van der Waals surface area contributed by atoms with Gasteiger partial charge in [-0.3, -0.25) is 14.6 Å². The second-order valence-electron chi connectivity index (χ2n) is 8.70. The van der Waals surface area contributed by atoms with Crippen molar-refractivity contribution in [1.82, 2.24) is 19.9 Å². The Bertz CT molecular complexity index is 1150. The lowest BCUT2D eigenvalue weighted by Gasteiger charge is -2.18. The van der Waals surface area contributed by atoms with E-state index in [0.717, 1.165) is 23.0 Å². The quantitative estimate of drug-likeness (QED) is 0.638. The molecular weight excluding hydrogens is 392 g/mol. The Balaban J connectivity index is 1.65. The number of nitrogens with zero attached hydrogens (tertiary/aromatic N) is 4. The zero-order chi connectivity index (χ0) is 22.3. The molecule has 3 aromatic rings. The Labute approximate surface area is 182 Å². The van der Waals surface area contributed by atoms with Crippen LogP contribution in [0, 0.1) is 6.92 Å². The monoisotopic (exact) mass is 420 g/mol. The van der Waals surface area contributed by atoms with Crippen LogP contribution in [0.1, 0.15) is 70.0 Å². The molecule has 2 amide bonds. The Morgan fingerprint density at radius 1 is 1.23 bits per heavy atom. The summed E-state index contributed by atoms with van der Waals surface area (Å²) in [5, 5.41) is 4.93. The predicted molar refractivity (Wildman–Crippen MR) is 118 cm³/mol. The molecule has 1 aliphatic rings. The molecule has 7 nitrogen and oxygen atoms in total. The van der Waals surface area contributed by atoms with Crippen molar-refractivity contribution < 1.29 is 14.1 Å². The van der Waals surface area contributed by atoms with Crippen molar-refractivity contribution in [2.24, 2.45) is 0 Å². The summed E-state index contributed by atoms with van der Waals surface area (Å²) in [4.78, 5) is 34.3.